The molecule has 0 aromatic carbocycles. The molecular weight excluding hydrogens is 116 g/mol. The van der Waals surface area contributed by atoms with E-state index in [9.17, 15) is 9.90 Å². The molecule has 0 aliphatic heterocycles. The van der Waals surface area contributed by atoms with E-state index in [2.05, 4.69) is 6.58 Å². The number of carbonyl (C=O) groups is 1. The number of carbonyl (C=O) groups excluding carboxylic acids is 1. The van der Waals surface area contributed by atoms with Crippen molar-refractivity contribution in [1.29, 1.82) is 0 Å². The maximum absolute atomic E-state index is 9.91. The minimum Gasteiger partial charge on any atom is -0.247 e. The van der Waals surface area contributed by atoms with Gasteiger partial charge in [0.15, 0.2) is 0 Å². The van der Waals surface area contributed by atoms with Crippen molar-refractivity contribution in [1.82, 2.24) is 0 Å². The predicted molar refractivity (Wildman–Crippen MR) is 34.4 cm³/mol. The van der Waals surface area contributed by atoms with E-state index in [0.717, 1.165) is 18.4 Å². The second kappa shape index (κ2) is 4.13. The molecule has 0 amide bonds. The van der Waals surface area contributed by atoms with Crippen molar-refractivity contribution in [3.63, 3.8) is 0 Å². The zero-order valence-electron chi connectivity index (χ0n) is 5.64. The summed E-state index contributed by atoms with van der Waals surface area (Å²) in [6.45, 7) is 5.55. The zero-order chi connectivity index (χ0) is 7.28. The van der Waals surface area contributed by atoms with E-state index in [0.29, 0.717) is 0 Å². The van der Waals surface area contributed by atoms with Crippen molar-refractivity contribution in [2.24, 2.45) is 0 Å². The lowest BCUT2D eigenvalue weighted by Gasteiger charge is -1.94. The van der Waals surface area contributed by atoms with Gasteiger partial charge in [-0.25, -0.2) is 9.90 Å². The third-order valence-electron chi connectivity index (χ3n) is 0.998. The molecule has 0 heterocycles. The fraction of sp³-hybridized carbons (Fsp3) is 0.571. The van der Waals surface area contributed by atoms with Crippen LogP contribution in [-0.2, 0) is 9.90 Å². The van der Waals surface area contributed by atoms with Crippen molar-refractivity contribution < 1.29 is 9.90 Å². The molecule has 0 unspecified atom stereocenters. The first-order valence-electron chi connectivity index (χ1n) is 3.03. The molecule has 0 saturated heterocycles. The highest BCUT2D eigenvalue weighted by Gasteiger charge is 2.00. The van der Waals surface area contributed by atoms with Crippen LogP contribution in [0, 0.1) is 0 Å². The maximum Gasteiger partial charge on any atom is 0.359 e. The number of hydrogen-bond donors (Lipinski definition) is 0. The molecule has 0 atom stereocenters. The topological polar surface area (TPSA) is 37.0 Å². The molecule has 0 aromatic rings. The molecule has 0 aliphatic carbocycles. The van der Waals surface area contributed by atoms with Gasteiger partial charge in [0.1, 0.15) is 0 Å². The smallest absolute Gasteiger partial charge is 0.247 e. The average molecular weight is 127 g/mol. The second-order valence-corrected chi connectivity index (χ2v) is 2.05. The Hall–Kier alpha value is -0.790. The van der Waals surface area contributed by atoms with E-state index < -0.39 is 5.97 Å². The molecule has 0 fully saturated rings. The fourth-order valence-electron chi connectivity index (χ4n) is 0.646. The third-order valence-corrected chi connectivity index (χ3v) is 0.998. The molecule has 0 rings (SSSR count). The van der Waals surface area contributed by atoms with E-state index in [-0.39, 0.29) is 6.42 Å². The van der Waals surface area contributed by atoms with Crippen LogP contribution in [0.5, 0.6) is 0 Å². The van der Waals surface area contributed by atoms with E-state index in [1.807, 2.05) is 6.92 Å². The molecule has 1 radical (unpaired) electrons. The molecule has 2 heteroatoms. The summed E-state index contributed by atoms with van der Waals surface area (Å²) in [4.78, 5) is 9.91. The van der Waals surface area contributed by atoms with Gasteiger partial charge < -0.3 is 0 Å². The highest BCUT2D eigenvalue weighted by molar-refractivity contribution is 5.69. The fourth-order valence-corrected chi connectivity index (χ4v) is 0.646. The van der Waals surface area contributed by atoms with E-state index in [1.165, 1.54) is 0 Å². The second-order valence-electron chi connectivity index (χ2n) is 2.05. The Kier molecular flexibility index (Phi) is 3.76. The standard InChI is InChI=1S/C7H11O2/c1-3-4-6(2)5-7(8)9/h2-5H2,1H3. The quantitative estimate of drug-likeness (QED) is 0.529. The lowest BCUT2D eigenvalue weighted by atomic mass is 10.1. The van der Waals surface area contributed by atoms with Gasteiger partial charge in [0.05, 0.1) is 6.42 Å². The summed E-state index contributed by atoms with van der Waals surface area (Å²) in [7, 11) is 0. The van der Waals surface area contributed by atoms with Gasteiger partial charge >= 0.3 is 5.97 Å². The summed E-state index contributed by atoms with van der Waals surface area (Å²) in [6, 6.07) is 0. The summed E-state index contributed by atoms with van der Waals surface area (Å²) < 4.78 is 0. The summed E-state index contributed by atoms with van der Waals surface area (Å²) in [5.74, 6) is -1.03. The van der Waals surface area contributed by atoms with Gasteiger partial charge in [-0.15, -0.1) is 0 Å². The maximum atomic E-state index is 9.91. The average Bonchev–Trinajstić information content (AvgIpc) is 1.63. The third kappa shape index (κ3) is 5.07. The Bertz CT molecular complexity index is 116. The minimum atomic E-state index is -1.03. The SMILES string of the molecule is C=C(CCC)CC([O])=O. The molecule has 0 aromatic heterocycles. The molecule has 9 heavy (non-hydrogen) atoms. The van der Waals surface area contributed by atoms with Gasteiger partial charge in [0.2, 0.25) is 0 Å². The van der Waals surface area contributed by atoms with Crippen LogP contribution in [0.4, 0.5) is 0 Å². The Balaban J connectivity index is 3.39. The van der Waals surface area contributed by atoms with Crippen molar-refractivity contribution in [2.45, 2.75) is 26.2 Å². The van der Waals surface area contributed by atoms with Crippen LogP contribution < -0.4 is 0 Å². The first-order chi connectivity index (χ1) is 4.16. The summed E-state index contributed by atoms with van der Waals surface area (Å²) in [5, 5.41) is 9.91. The van der Waals surface area contributed by atoms with Crippen molar-refractivity contribution in [2.75, 3.05) is 0 Å². The van der Waals surface area contributed by atoms with Gasteiger partial charge in [-0.05, 0) is 6.42 Å². The monoisotopic (exact) mass is 127 g/mol. The van der Waals surface area contributed by atoms with Crippen LogP contribution in [0.3, 0.4) is 0 Å². The predicted octanol–water partition coefficient (Wildman–Crippen LogP) is 1.69. The Morgan fingerprint density at radius 1 is 1.56 bits per heavy atom. The van der Waals surface area contributed by atoms with Crippen LogP contribution >= 0.6 is 0 Å². The first kappa shape index (κ1) is 8.21. The summed E-state index contributed by atoms with van der Waals surface area (Å²) in [6.07, 6.45) is 1.74. The van der Waals surface area contributed by atoms with Crippen LogP contribution in [0.1, 0.15) is 26.2 Å². The van der Waals surface area contributed by atoms with Gasteiger partial charge in [-0.1, -0.05) is 25.5 Å². The molecule has 0 spiro atoms. The van der Waals surface area contributed by atoms with Gasteiger partial charge in [-0.2, -0.15) is 0 Å². The molecule has 2 nitrogen and oxygen atoms in total. The van der Waals surface area contributed by atoms with Crippen molar-refractivity contribution in [3.05, 3.63) is 12.2 Å². The molecule has 0 N–H and O–H groups in total. The highest BCUT2D eigenvalue weighted by atomic mass is 16.4. The summed E-state index contributed by atoms with van der Waals surface area (Å²) >= 11 is 0. The Morgan fingerprint density at radius 3 is 2.44 bits per heavy atom. The minimum absolute atomic E-state index is 0.00778. The summed E-state index contributed by atoms with van der Waals surface area (Å²) in [5.41, 5.74) is 0.748. The Labute approximate surface area is 55.2 Å². The van der Waals surface area contributed by atoms with Gasteiger partial charge in [0, 0.05) is 0 Å². The van der Waals surface area contributed by atoms with Crippen molar-refractivity contribution >= 4 is 5.97 Å². The van der Waals surface area contributed by atoms with Crippen LogP contribution in [0.25, 0.3) is 0 Å². The van der Waals surface area contributed by atoms with Crippen LogP contribution in [0.2, 0.25) is 0 Å². The molecular formula is C7H11O2. The molecule has 51 valence electrons. The van der Waals surface area contributed by atoms with Gasteiger partial charge in [0.25, 0.3) is 0 Å². The lowest BCUT2D eigenvalue weighted by molar-refractivity contribution is -0.142. The molecule has 0 saturated carbocycles. The number of hydrogen-bond acceptors (Lipinski definition) is 1. The molecule has 0 bridgehead atoms. The van der Waals surface area contributed by atoms with E-state index in [1.54, 1.807) is 0 Å². The van der Waals surface area contributed by atoms with Gasteiger partial charge in [-0.3, -0.25) is 0 Å². The molecule has 0 aliphatic rings. The number of rotatable bonds is 4. The zero-order valence-corrected chi connectivity index (χ0v) is 5.64. The van der Waals surface area contributed by atoms with Crippen LogP contribution in [0.15, 0.2) is 12.2 Å². The van der Waals surface area contributed by atoms with E-state index in [4.69, 9.17) is 0 Å². The Morgan fingerprint density at radius 2 is 2.11 bits per heavy atom. The van der Waals surface area contributed by atoms with Crippen LogP contribution in [-0.4, -0.2) is 5.97 Å². The largest absolute Gasteiger partial charge is 0.359 e. The van der Waals surface area contributed by atoms with E-state index >= 15 is 0 Å². The highest BCUT2D eigenvalue weighted by Crippen LogP contribution is 2.05. The van der Waals surface area contributed by atoms with Crippen molar-refractivity contribution in [3.8, 4) is 0 Å². The normalized spacial score (nSPS) is 9.00. The lowest BCUT2D eigenvalue weighted by Crippen LogP contribution is -1.93. The first-order valence-corrected chi connectivity index (χ1v) is 3.03.